The molecule has 1 amide bonds. The van der Waals surface area contributed by atoms with Gasteiger partial charge in [0.25, 0.3) is 5.91 Å². The second kappa shape index (κ2) is 10.8. The summed E-state index contributed by atoms with van der Waals surface area (Å²) >= 11 is 1.19. The van der Waals surface area contributed by atoms with Crippen LogP contribution in [0.1, 0.15) is 22.8 Å². The zero-order chi connectivity index (χ0) is 24.0. The Morgan fingerprint density at radius 3 is 2.48 bits per heavy atom. The molecule has 9 nitrogen and oxygen atoms in total. The fraction of sp³-hybridized carbons (Fsp3) is 0.304. The van der Waals surface area contributed by atoms with Gasteiger partial charge in [-0.3, -0.25) is 9.59 Å². The monoisotopic (exact) mass is 472 g/mol. The molecule has 0 aliphatic heterocycles. The van der Waals surface area contributed by atoms with Crippen molar-refractivity contribution in [2.45, 2.75) is 19.9 Å². The molecule has 0 aliphatic carbocycles. The molecule has 0 radical (unpaired) electrons. The standard InChI is InChI=1S/C23H24N2O7S/c1-5-32-21(27)13-25-17-9-7-15(22(28)31-4)10-19(17)33-23(25)24-20(26)11-14-6-8-16(29-2)12-18(14)30-3/h6-10,12H,5,11,13H2,1-4H3. The third-order valence-electron chi connectivity index (χ3n) is 4.75. The molecule has 0 spiro atoms. The van der Waals surface area contributed by atoms with Crippen LogP contribution in [0.25, 0.3) is 10.2 Å². The molecule has 0 saturated carbocycles. The van der Waals surface area contributed by atoms with Gasteiger partial charge in [0.15, 0.2) is 4.80 Å². The van der Waals surface area contributed by atoms with E-state index in [0.29, 0.717) is 37.6 Å². The maximum atomic E-state index is 12.8. The molecular weight excluding hydrogens is 448 g/mol. The van der Waals surface area contributed by atoms with Crippen LogP contribution in [-0.4, -0.2) is 50.3 Å². The van der Waals surface area contributed by atoms with E-state index in [1.807, 2.05) is 0 Å². The second-order valence-corrected chi connectivity index (χ2v) is 7.82. The summed E-state index contributed by atoms with van der Waals surface area (Å²) in [6.07, 6.45) is -0.00572. The zero-order valence-electron chi connectivity index (χ0n) is 18.7. The number of carbonyl (C=O) groups excluding carboxylic acids is 3. The third-order valence-corrected chi connectivity index (χ3v) is 5.79. The number of thiazole rings is 1. The van der Waals surface area contributed by atoms with Crippen molar-refractivity contribution in [3.8, 4) is 11.5 Å². The Bertz CT molecular complexity index is 1260. The van der Waals surface area contributed by atoms with Crippen LogP contribution in [0.2, 0.25) is 0 Å². The Labute approximate surface area is 194 Å². The number of carbonyl (C=O) groups is 3. The van der Waals surface area contributed by atoms with Crippen molar-refractivity contribution < 1.29 is 33.3 Å². The molecule has 3 aromatic rings. The van der Waals surface area contributed by atoms with Crippen LogP contribution in [0.4, 0.5) is 0 Å². The van der Waals surface area contributed by atoms with Crippen LogP contribution in [0.15, 0.2) is 41.4 Å². The highest BCUT2D eigenvalue weighted by molar-refractivity contribution is 7.16. The largest absolute Gasteiger partial charge is 0.497 e. The van der Waals surface area contributed by atoms with Gasteiger partial charge < -0.3 is 23.5 Å². The van der Waals surface area contributed by atoms with Gasteiger partial charge in [-0.25, -0.2) is 4.79 Å². The first-order chi connectivity index (χ1) is 15.9. The minimum atomic E-state index is -0.483. The smallest absolute Gasteiger partial charge is 0.337 e. The molecule has 2 aromatic carbocycles. The zero-order valence-corrected chi connectivity index (χ0v) is 19.6. The summed E-state index contributed by atoms with van der Waals surface area (Å²) in [5.41, 5.74) is 1.66. The van der Waals surface area contributed by atoms with Crippen LogP contribution < -0.4 is 14.3 Å². The average Bonchev–Trinajstić information content (AvgIpc) is 3.14. The van der Waals surface area contributed by atoms with Gasteiger partial charge in [0.2, 0.25) is 0 Å². The summed E-state index contributed by atoms with van der Waals surface area (Å²) in [7, 11) is 4.36. The second-order valence-electron chi connectivity index (χ2n) is 6.81. The van der Waals surface area contributed by atoms with E-state index in [4.69, 9.17) is 18.9 Å². The van der Waals surface area contributed by atoms with E-state index in [-0.39, 0.29) is 19.6 Å². The number of rotatable bonds is 8. The van der Waals surface area contributed by atoms with Crippen molar-refractivity contribution >= 4 is 39.4 Å². The molecule has 174 valence electrons. The lowest BCUT2D eigenvalue weighted by molar-refractivity contribution is -0.143. The molecule has 33 heavy (non-hydrogen) atoms. The predicted molar refractivity (Wildman–Crippen MR) is 122 cm³/mol. The van der Waals surface area contributed by atoms with Gasteiger partial charge in [0, 0.05) is 11.6 Å². The maximum Gasteiger partial charge on any atom is 0.337 e. The predicted octanol–water partition coefficient (Wildman–Crippen LogP) is 2.74. The highest BCUT2D eigenvalue weighted by Gasteiger charge is 2.16. The van der Waals surface area contributed by atoms with E-state index in [9.17, 15) is 14.4 Å². The Morgan fingerprint density at radius 1 is 1.03 bits per heavy atom. The van der Waals surface area contributed by atoms with E-state index in [1.54, 1.807) is 55.0 Å². The van der Waals surface area contributed by atoms with Gasteiger partial charge in [0.05, 0.1) is 50.1 Å². The van der Waals surface area contributed by atoms with Crippen molar-refractivity contribution in [2.75, 3.05) is 27.9 Å². The minimum absolute atomic E-state index is 0.00572. The number of hydrogen-bond acceptors (Lipinski definition) is 8. The Kier molecular flexibility index (Phi) is 7.83. The molecule has 0 bridgehead atoms. The molecule has 1 aromatic heterocycles. The molecule has 0 unspecified atom stereocenters. The van der Waals surface area contributed by atoms with Crippen molar-refractivity contribution in [1.29, 1.82) is 0 Å². The lowest BCUT2D eigenvalue weighted by atomic mass is 10.1. The fourth-order valence-corrected chi connectivity index (χ4v) is 4.28. The first kappa shape index (κ1) is 24.0. The molecular formula is C23H24N2O7S. The molecule has 0 saturated heterocycles. The van der Waals surface area contributed by atoms with Crippen LogP contribution in [-0.2, 0) is 32.0 Å². The molecule has 0 fully saturated rings. The number of hydrogen-bond donors (Lipinski definition) is 0. The Hall–Kier alpha value is -3.66. The maximum absolute atomic E-state index is 12.8. The summed E-state index contributed by atoms with van der Waals surface area (Å²) in [4.78, 5) is 41.5. The number of benzene rings is 2. The number of aromatic nitrogens is 1. The van der Waals surface area contributed by atoms with Gasteiger partial charge in [0.1, 0.15) is 18.0 Å². The van der Waals surface area contributed by atoms with E-state index in [1.165, 1.54) is 25.6 Å². The number of amides is 1. The number of esters is 2. The summed E-state index contributed by atoms with van der Waals surface area (Å²) in [5, 5.41) is 0. The molecule has 0 aliphatic rings. The Balaban J connectivity index is 2.02. The first-order valence-corrected chi connectivity index (χ1v) is 10.9. The summed E-state index contributed by atoms with van der Waals surface area (Å²) in [5.74, 6) is -0.242. The van der Waals surface area contributed by atoms with Gasteiger partial charge in [-0.2, -0.15) is 4.99 Å². The minimum Gasteiger partial charge on any atom is -0.497 e. The van der Waals surface area contributed by atoms with Gasteiger partial charge in [-0.1, -0.05) is 17.4 Å². The lowest BCUT2D eigenvalue weighted by Crippen LogP contribution is -2.23. The van der Waals surface area contributed by atoms with Gasteiger partial charge in [-0.15, -0.1) is 0 Å². The Morgan fingerprint density at radius 2 is 1.82 bits per heavy atom. The topological polar surface area (TPSA) is 105 Å². The molecule has 0 atom stereocenters. The first-order valence-electron chi connectivity index (χ1n) is 10.1. The van der Waals surface area contributed by atoms with E-state index in [2.05, 4.69) is 4.99 Å². The van der Waals surface area contributed by atoms with Crippen LogP contribution in [0, 0.1) is 0 Å². The van der Waals surface area contributed by atoms with E-state index in [0.717, 1.165) is 0 Å². The molecule has 3 rings (SSSR count). The molecule has 1 heterocycles. The highest BCUT2D eigenvalue weighted by atomic mass is 32.1. The van der Waals surface area contributed by atoms with Crippen molar-refractivity contribution in [2.24, 2.45) is 4.99 Å². The number of methoxy groups -OCH3 is 3. The van der Waals surface area contributed by atoms with Gasteiger partial charge >= 0.3 is 11.9 Å². The van der Waals surface area contributed by atoms with Crippen molar-refractivity contribution in [1.82, 2.24) is 4.57 Å². The van der Waals surface area contributed by atoms with Crippen molar-refractivity contribution in [3.63, 3.8) is 0 Å². The molecule has 0 N–H and O–H groups in total. The summed E-state index contributed by atoms with van der Waals surface area (Å²) in [6.45, 7) is 1.83. The quantitative estimate of drug-likeness (QED) is 0.464. The van der Waals surface area contributed by atoms with Gasteiger partial charge in [-0.05, 0) is 31.2 Å². The molecule has 10 heteroatoms. The normalized spacial score (nSPS) is 11.3. The number of fused-ring (bicyclic) bond motifs is 1. The third kappa shape index (κ3) is 5.58. The van der Waals surface area contributed by atoms with Crippen LogP contribution in [0.3, 0.4) is 0 Å². The van der Waals surface area contributed by atoms with Crippen LogP contribution >= 0.6 is 11.3 Å². The lowest BCUT2D eigenvalue weighted by Gasteiger charge is -2.09. The summed E-state index contributed by atoms with van der Waals surface area (Å²) < 4.78 is 22.7. The van der Waals surface area contributed by atoms with Crippen LogP contribution in [0.5, 0.6) is 11.5 Å². The van der Waals surface area contributed by atoms with E-state index >= 15 is 0 Å². The average molecular weight is 473 g/mol. The summed E-state index contributed by atoms with van der Waals surface area (Å²) in [6, 6.07) is 10.1. The number of ether oxygens (including phenoxy) is 4. The highest BCUT2D eigenvalue weighted by Crippen LogP contribution is 2.25. The fourth-order valence-electron chi connectivity index (χ4n) is 3.20. The van der Waals surface area contributed by atoms with E-state index < -0.39 is 17.8 Å². The van der Waals surface area contributed by atoms with Crippen molar-refractivity contribution in [3.05, 3.63) is 52.3 Å². The number of nitrogens with zero attached hydrogens (tertiary/aromatic N) is 2. The SMILES string of the molecule is CCOC(=O)Cn1c(=NC(=O)Cc2ccc(OC)cc2OC)sc2cc(C(=O)OC)ccc21.